The molecule has 3 heteroatoms. The predicted octanol–water partition coefficient (Wildman–Crippen LogP) is 3.72. The maximum atomic E-state index is 11.5. The van der Waals surface area contributed by atoms with Gasteiger partial charge in [0.1, 0.15) is 5.75 Å². The Balaban J connectivity index is 2.68. The van der Waals surface area contributed by atoms with Gasteiger partial charge in [0, 0.05) is 5.56 Å². The van der Waals surface area contributed by atoms with Crippen LogP contribution in [0.5, 0.6) is 5.75 Å². The third kappa shape index (κ3) is 2.39. The van der Waals surface area contributed by atoms with Gasteiger partial charge >= 0.3 is 5.97 Å². The highest BCUT2D eigenvalue weighted by molar-refractivity contribution is 5.85. The summed E-state index contributed by atoms with van der Waals surface area (Å²) in [6.45, 7) is 3.42. The van der Waals surface area contributed by atoms with Gasteiger partial charge in [-0.15, -0.1) is 0 Å². The molecule has 0 fully saturated rings. The molecule has 104 valence electrons. The number of ether oxygens (including phenoxy) is 1. The fourth-order valence-corrected chi connectivity index (χ4v) is 2.25. The quantitative estimate of drug-likeness (QED) is 0.921. The SMILES string of the molecule is COc1ccccc1-c1ccccc1C(C)(C)C(=O)O. The highest BCUT2D eigenvalue weighted by Crippen LogP contribution is 2.37. The van der Waals surface area contributed by atoms with Gasteiger partial charge in [-0.2, -0.15) is 0 Å². The Morgan fingerprint density at radius 2 is 1.55 bits per heavy atom. The van der Waals surface area contributed by atoms with E-state index in [2.05, 4.69) is 0 Å². The van der Waals surface area contributed by atoms with E-state index in [0.29, 0.717) is 0 Å². The highest BCUT2D eigenvalue weighted by atomic mass is 16.5. The maximum Gasteiger partial charge on any atom is 0.313 e. The maximum absolute atomic E-state index is 11.5. The Morgan fingerprint density at radius 1 is 1.00 bits per heavy atom. The molecule has 20 heavy (non-hydrogen) atoms. The summed E-state index contributed by atoms with van der Waals surface area (Å²) in [4.78, 5) is 11.5. The lowest BCUT2D eigenvalue weighted by Gasteiger charge is -2.24. The van der Waals surface area contributed by atoms with Gasteiger partial charge in [0.15, 0.2) is 0 Å². The number of carbonyl (C=O) groups is 1. The average molecular weight is 270 g/mol. The first-order valence-electron chi connectivity index (χ1n) is 6.44. The van der Waals surface area contributed by atoms with Crippen molar-refractivity contribution in [2.24, 2.45) is 0 Å². The van der Waals surface area contributed by atoms with Crippen molar-refractivity contribution in [2.45, 2.75) is 19.3 Å². The average Bonchev–Trinajstić information content (AvgIpc) is 2.47. The minimum Gasteiger partial charge on any atom is -0.496 e. The normalized spacial score (nSPS) is 11.2. The molecule has 0 aromatic heterocycles. The molecule has 0 aliphatic carbocycles. The first-order chi connectivity index (χ1) is 9.48. The number of rotatable bonds is 4. The van der Waals surface area contributed by atoms with Crippen LogP contribution in [0, 0.1) is 0 Å². The van der Waals surface area contributed by atoms with Crippen LogP contribution < -0.4 is 4.74 Å². The van der Waals surface area contributed by atoms with Gasteiger partial charge in [0.25, 0.3) is 0 Å². The van der Waals surface area contributed by atoms with Gasteiger partial charge in [-0.25, -0.2) is 0 Å². The van der Waals surface area contributed by atoms with E-state index in [1.165, 1.54) is 0 Å². The van der Waals surface area contributed by atoms with Crippen molar-refractivity contribution in [2.75, 3.05) is 7.11 Å². The van der Waals surface area contributed by atoms with Crippen LogP contribution in [0.1, 0.15) is 19.4 Å². The van der Waals surface area contributed by atoms with Crippen molar-refractivity contribution in [3.05, 3.63) is 54.1 Å². The van der Waals surface area contributed by atoms with Crippen LogP contribution in [0.25, 0.3) is 11.1 Å². The summed E-state index contributed by atoms with van der Waals surface area (Å²) in [6, 6.07) is 15.2. The molecule has 0 amide bonds. The summed E-state index contributed by atoms with van der Waals surface area (Å²) in [5.74, 6) is -0.110. The van der Waals surface area contributed by atoms with E-state index < -0.39 is 11.4 Å². The first kappa shape index (κ1) is 14.1. The number of benzene rings is 2. The number of carboxylic acids is 1. The van der Waals surface area contributed by atoms with Gasteiger partial charge in [-0.05, 0) is 31.0 Å². The Kier molecular flexibility index (Phi) is 3.79. The molecular weight excluding hydrogens is 252 g/mol. The lowest BCUT2D eigenvalue weighted by Crippen LogP contribution is -2.29. The molecule has 0 saturated carbocycles. The van der Waals surface area contributed by atoms with Crippen molar-refractivity contribution in [3.63, 3.8) is 0 Å². The van der Waals surface area contributed by atoms with E-state index in [1.807, 2.05) is 48.5 Å². The summed E-state index contributed by atoms with van der Waals surface area (Å²) in [5.41, 5.74) is 1.60. The number of carboxylic acid groups (broad SMARTS) is 1. The lowest BCUT2D eigenvalue weighted by molar-refractivity contribution is -0.142. The van der Waals surface area contributed by atoms with Crippen LogP contribution in [0.15, 0.2) is 48.5 Å². The number of methoxy groups -OCH3 is 1. The lowest BCUT2D eigenvalue weighted by atomic mass is 9.80. The molecule has 0 heterocycles. The molecule has 0 aliphatic rings. The smallest absolute Gasteiger partial charge is 0.313 e. The first-order valence-corrected chi connectivity index (χ1v) is 6.44. The van der Waals surface area contributed by atoms with Gasteiger partial charge in [0.2, 0.25) is 0 Å². The summed E-state index contributed by atoms with van der Waals surface area (Å²) in [7, 11) is 1.61. The molecule has 0 aliphatic heterocycles. The predicted molar refractivity (Wildman–Crippen MR) is 79.1 cm³/mol. The van der Waals surface area contributed by atoms with Gasteiger partial charge in [-0.3, -0.25) is 4.79 Å². The second-order valence-electron chi connectivity index (χ2n) is 5.18. The van der Waals surface area contributed by atoms with Crippen LogP contribution in [0.4, 0.5) is 0 Å². The van der Waals surface area contributed by atoms with Gasteiger partial charge < -0.3 is 9.84 Å². The van der Waals surface area contributed by atoms with Crippen LogP contribution in [0.3, 0.4) is 0 Å². The standard InChI is InChI=1S/C17H18O3/c1-17(2,16(18)19)14-10-6-4-8-12(14)13-9-5-7-11-15(13)20-3/h4-11H,1-3H3,(H,18,19). The molecule has 1 N–H and O–H groups in total. The van der Waals surface area contributed by atoms with Crippen LogP contribution >= 0.6 is 0 Å². The Hall–Kier alpha value is -2.29. The van der Waals surface area contributed by atoms with E-state index in [-0.39, 0.29) is 0 Å². The van der Waals surface area contributed by atoms with E-state index >= 15 is 0 Å². The summed E-state index contributed by atoms with van der Waals surface area (Å²) in [6.07, 6.45) is 0. The Labute approximate surface area is 118 Å². The van der Waals surface area contributed by atoms with E-state index in [0.717, 1.165) is 22.4 Å². The molecule has 2 aromatic carbocycles. The third-order valence-electron chi connectivity index (χ3n) is 3.53. The second kappa shape index (κ2) is 5.37. The summed E-state index contributed by atoms with van der Waals surface area (Å²) in [5, 5.41) is 9.46. The van der Waals surface area contributed by atoms with E-state index in [9.17, 15) is 9.90 Å². The number of aliphatic carboxylic acids is 1. The Morgan fingerprint density at radius 3 is 2.15 bits per heavy atom. The highest BCUT2D eigenvalue weighted by Gasteiger charge is 2.32. The molecule has 0 unspecified atom stereocenters. The zero-order chi connectivity index (χ0) is 14.8. The van der Waals surface area contributed by atoms with Crippen molar-refractivity contribution >= 4 is 5.97 Å². The van der Waals surface area contributed by atoms with E-state index in [1.54, 1.807) is 21.0 Å². The van der Waals surface area contributed by atoms with Crippen molar-refractivity contribution in [1.29, 1.82) is 0 Å². The summed E-state index contributed by atoms with van der Waals surface area (Å²) < 4.78 is 5.38. The van der Waals surface area contributed by atoms with E-state index in [4.69, 9.17) is 4.74 Å². The summed E-state index contributed by atoms with van der Waals surface area (Å²) >= 11 is 0. The topological polar surface area (TPSA) is 46.5 Å². The molecule has 2 rings (SSSR count). The number of hydrogen-bond acceptors (Lipinski definition) is 2. The number of hydrogen-bond donors (Lipinski definition) is 1. The monoisotopic (exact) mass is 270 g/mol. The molecule has 2 aromatic rings. The minimum atomic E-state index is -0.961. The van der Waals surface area contributed by atoms with Crippen molar-refractivity contribution in [1.82, 2.24) is 0 Å². The molecule has 3 nitrogen and oxygen atoms in total. The van der Waals surface area contributed by atoms with Crippen LogP contribution in [-0.2, 0) is 10.2 Å². The molecule has 0 spiro atoms. The van der Waals surface area contributed by atoms with Gasteiger partial charge in [-0.1, -0.05) is 42.5 Å². The largest absolute Gasteiger partial charge is 0.496 e. The fraction of sp³-hybridized carbons (Fsp3) is 0.235. The van der Waals surface area contributed by atoms with Crippen LogP contribution in [0.2, 0.25) is 0 Å². The van der Waals surface area contributed by atoms with Gasteiger partial charge in [0.05, 0.1) is 12.5 Å². The zero-order valence-electron chi connectivity index (χ0n) is 11.9. The molecule has 0 atom stereocenters. The zero-order valence-corrected chi connectivity index (χ0v) is 11.9. The van der Waals surface area contributed by atoms with Crippen molar-refractivity contribution < 1.29 is 14.6 Å². The number of para-hydroxylation sites is 1. The van der Waals surface area contributed by atoms with Crippen molar-refractivity contribution in [3.8, 4) is 16.9 Å². The third-order valence-corrected chi connectivity index (χ3v) is 3.53. The minimum absolute atomic E-state index is 0.737. The molecule has 0 saturated heterocycles. The molecular formula is C17H18O3. The Bertz CT molecular complexity index is 630. The second-order valence-corrected chi connectivity index (χ2v) is 5.18. The fourth-order valence-electron chi connectivity index (χ4n) is 2.25. The van der Waals surface area contributed by atoms with Crippen LogP contribution in [-0.4, -0.2) is 18.2 Å². The molecule has 0 bridgehead atoms. The molecule has 0 radical (unpaired) electrons.